The van der Waals surface area contributed by atoms with Crippen LogP contribution >= 0.6 is 0 Å². The first kappa shape index (κ1) is 22.4. The van der Waals surface area contributed by atoms with Gasteiger partial charge in [0.15, 0.2) is 12.2 Å². The van der Waals surface area contributed by atoms with Crippen molar-refractivity contribution in [1.82, 2.24) is 10.6 Å². The van der Waals surface area contributed by atoms with Gasteiger partial charge >= 0.3 is 0 Å². The molecule has 0 aliphatic heterocycles. The summed E-state index contributed by atoms with van der Waals surface area (Å²) >= 11 is 0. The summed E-state index contributed by atoms with van der Waals surface area (Å²) in [6, 6.07) is 8.77. The third kappa shape index (κ3) is 10.2. The molecule has 2 amide bonds. The number of nitrogens with zero attached hydrogens (tertiary/aromatic N) is 1. The Morgan fingerprint density at radius 1 is 1.15 bits per heavy atom. The van der Waals surface area contributed by atoms with Crippen LogP contribution in [-0.2, 0) is 16.0 Å². The highest BCUT2D eigenvalue weighted by Gasteiger charge is 2.22. The van der Waals surface area contributed by atoms with E-state index in [2.05, 4.69) is 15.6 Å². The molecule has 0 saturated heterocycles. The zero-order valence-corrected chi connectivity index (χ0v) is 15.5. The van der Waals surface area contributed by atoms with E-state index in [4.69, 9.17) is 21.7 Å². The van der Waals surface area contributed by atoms with Gasteiger partial charge in [-0.05, 0) is 31.7 Å². The lowest BCUT2D eigenvalue weighted by molar-refractivity contribution is -0.134. The molecular formula is C18H29N5O4. The Morgan fingerprint density at radius 3 is 2.41 bits per heavy atom. The van der Waals surface area contributed by atoms with Crippen molar-refractivity contribution in [2.45, 2.75) is 51.0 Å². The molecule has 2 unspecified atom stereocenters. The summed E-state index contributed by atoms with van der Waals surface area (Å²) in [5, 5.41) is 23.2. The summed E-state index contributed by atoms with van der Waals surface area (Å²) < 4.78 is 0. The maximum Gasteiger partial charge on any atom is 0.242 e. The van der Waals surface area contributed by atoms with Crippen molar-refractivity contribution in [1.29, 1.82) is 0 Å². The first-order valence-corrected chi connectivity index (χ1v) is 8.83. The van der Waals surface area contributed by atoms with Crippen molar-refractivity contribution in [2.75, 3.05) is 6.54 Å². The third-order valence-corrected chi connectivity index (χ3v) is 3.74. The molecule has 0 saturated carbocycles. The van der Waals surface area contributed by atoms with E-state index in [0.717, 1.165) is 5.56 Å². The molecule has 150 valence electrons. The van der Waals surface area contributed by atoms with Gasteiger partial charge in [-0.15, -0.1) is 0 Å². The lowest BCUT2D eigenvalue weighted by Crippen LogP contribution is -2.50. The van der Waals surface area contributed by atoms with E-state index >= 15 is 0 Å². The maximum absolute atomic E-state index is 12.6. The number of amides is 2. The number of rotatable bonds is 11. The lowest BCUT2D eigenvalue weighted by Gasteiger charge is -2.21. The number of hydrogen-bond donors (Lipinski definition) is 6. The van der Waals surface area contributed by atoms with Crippen LogP contribution < -0.4 is 22.1 Å². The number of carbonyl (C=O) groups is 2. The van der Waals surface area contributed by atoms with Gasteiger partial charge in [-0.1, -0.05) is 30.3 Å². The number of hydrogen-bond acceptors (Lipinski definition) is 5. The van der Waals surface area contributed by atoms with E-state index in [1.165, 1.54) is 0 Å². The Bertz CT molecular complexity index is 617. The Hall–Kier alpha value is -2.65. The van der Waals surface area contributed by atoms with Gasteiger partial charge in [0, 0.05) is 12.6 Å². The maximum atomic E-state index is 12.6. The van der Waals surface area contributed by atoms with Gasteiger partial charge in [-0.3, -0.25) is 14.6 Å². The largest absolute Gasteiger partial charge is 0.370 e. The van der Waals surface area contributed by atoms with Crippen LogP contribution in [0.25, 0.3) is 0 Å². The molecule has 9 nitrogen and oxygen atoms in total. The van der Waals surface area contributed by atoms with Gasteiger partial charge in [0.25, 0.3) is 0 Å². The van der Waals surface area contributed by atoms with Gasteiger partial charge in [-0.25, -0.2) is 0 Å². The fourth-order valence-corrected chi connectivity index (χ4v) is 2.55. The van der Waals surface area contributed by atoms with Crippen molar-refractivity contribution in [3.8, 4) is 0 Å². The zero-order chi connectivity index (χ0) is 20.2. The molecular weight excluding hydrogens is 350 g/mol. The van der Waals surface area contributed by atoms with Gasteiger partial charge in [0.1, 0.15) is 6.04 Å². The predicted molar refractivity (Wildman–Crippen MR) is 102 cm³/mol. The molecule has 0 spiro atoms. The van der Waals surface area contributed by atoms with Crippen molar-refractivity contribution < 1.29 is 19.8 Å². The van der Waals surface area contributed by atoms with Crippen molar-refractivity contribution >= 4 is 17.8 Å². The summed E-state index contributed by atoms with van der Waals surface area (Å²) in [4.78, 5) is 28.2. The number of aliphatic hydroxyl groups is 2. The fraction of sp³-hybridized carbons (Fsp3) is 0.500. The van der Waals surface area contributed by atoms with Gasteiger partial charge in [0.05, 0.1) is 6.42 Å². The summed E-state index contributed by atoms with van der Waals surface area (Å²) in [6.45, 7) is 2.20. The minimum atomic E-state index is -1.77. The molecule has 1 aromatic rings. The van der Waals surface area contributed by atoms with Crippen molar-refractivity contribution in [2.24, 2.45) is 16.5 Å². The highest BCUT2D eigenvalue weighted by Crippen LogP contribution is 2.05. The summed E-state index contributed by atoms with van der Waals surface area (Å²) in [7, 11) is 0. The van der Waals surface area contributed by atoms with Crippen LogP contribution in [0.5, 0.6) is 0 Å². The van der Waals surface area contributed by atoms with E-state index in [0.29, 0.717) is 25.8 Å². The molecule has 0 heterocycles. The van der Waals surface area contributed by atoms with Crippen molar-refractivity contribution in [3.63, 3.8) is 0 Å². The van der Waals surface area contributed by atoms with Crippen LogP contribution in [0.2, 0.25) is 0 Å². The second kappa shape index (κ2) is 11.9. The Kier molecular flexibility index (Phi) is 9.84. The molecule has 8 N–H and O–H groups in total. The Balaban J connectivity index is 2.63. The minimum Gasteiger partial charge on any atom is -0.370 e. The Morgan fingerprint density at radius 2 is 1.81 bits per heavy atom. The number of guanidine groups is 1. The molecule has 0 aromatic heterocycles. The number of nitrogens with two attached hydrogens (primary N) is 2. The van der Waals surface area contributed by atoms with E-state index in [1.54, 1.807) is 0 Å². The third-order valence-electron chi connectivity index (χ3n) is 3.74. The molecule has 1 rings (SSSR count). The highest BCUT2D eigenvalue weighted by atomic mass is 16.5. The van der Waals surface area contributed by atoms with Crippen LogP contribution in [0.15, 0.2) is 35.3 Å². The van der Waals surface area contributed by atoms with Crippen molar-refractivity contribution in [3.05, 3.63) is 35.9 Å². The topological polar surface area (TPSA) is 163 Å². The standard InChI is InChI=1S/C18H29N5O4/c1-12(10-13-6-3-2-4-7-13)22-17(27)14(8-5-9-21-18(19)20)23-15(24)11-16(25)26/h2-4,6-7,12,14,16,25-26H,5,8-11H2,1H3,(H,22,27)(H,23,24)(H4,19,20,21). The number of carbonyl (C=O) groups excluding carboxylic acids is 2. The van der Waals surface area contributed by atoms with E-state index in [9.17, 15) is 9.59 Å². The molecule has 1 aromatic carbocycles. The molecule has 2 atom stereocenters. The van der Waals surface area contributed by atoms with Crippen LogP contribution in [-0.4, -0.2) is 52.9 Å². The molecule has 0 bridgehead atoms. The van der Waals surface area contributed by atoms with E-state index < -0.39 is 24.7 Å². The fourth-order valence-electron chi connectivity index (χ4n) is 2.55. The summed E-state index contributed by atoms with van der Waals surface area (Å²) in [5.74, 6) is -1.01. The minimum absolute atomic E-state index is 0.0417. The first-order chi connectivity index (χ1) is 12.8. The average Bonchev–Trinajstić information content (AvgIpc) is 2.57. The smallest absolute Gasteiger partial charge is 0.242 e. The van der Waals surface area contributed by atoms with Crippen LogP contribution in [0.4, 0.5) is 0 Å². The number of aliphatic imine (C=N–C) groups is 1. The lowest BCUT2D eigenvalue weighted by atomic mass is 10.1. The molecule has 9 heteroatoms. The van der Waals surface area contributed by atoms with E-state index in [-0.39, 0.29) is 17.9 Å². The van der Waals surface area contributed by atoms with E-state index in [1.807, 2.05) is 37.3 Å². The number of aliphatic hydroxyl groups excluding tert-OH is 1. The monoisotopic (exact) mass is 379 g/mol. The SMILES string of the molecule is CC(Cc1ccccc1)NC(=O)C(CCCN=C(N)N)NC(=O)CC(O)O. The predicted octanol–water partition coefficient (Wildman–Crippen LogP) is -1.03. The van der Waals surface area contributed by atoms with Gasteiger partial charge in [-0.2, -0.15) is 0 Å². The average molecular weight is 379 g/mol. The van der Waals surface area contributed by atoms with Crippen LogP contribution in [0.1, 0.15) is 31.7 Å². The molecule has 0 radical (unpaired) electrons. The number of benzene rings is 1. The summed E-state index contributed by atoms with van der Waals surface area (Å²) in [5.41, 5.74) is 11.6. The normalized spacial score (nSPS) is 12.9. The Labute approximate surface area is 158 Å². The molecule has 27 heavy (non-hydrogen) atoms. The second-order valence-electron chi connectivity index (χ2n) is 6.35. The zero-order valence-electron chi connectivity index (χ0n) is 15.5. The summed E-state index contributed by atoms with van der Waals surface area (Å²) in [6.07, 6.45) is -0.834. The quantitative estimate of drug-likeness (QED) is 0.125. The van der Waals surface area contributed by atoms with Crippen LogP contribution in [0.3, 0.4) is 0 Å². The highest BCUT2D eigenvalue weighted by molar-refractivity contribution is 5.87. The van der Waals surface area contributed by atoms with Crippen LogP contribution in [0, 0.1) is 0 Å². The second-order valence-corrected chi connectivity index (χ2v) is 6.35. The first-order valence-electron chi connectivity index (χ1n) is 8.83. The number of nitrogens with one attached hydrogen (secondary N) is 2. The molecule has 0 aliphatic carbocycles. The molecule has 0 fully saturated rings. The molecule has 0 aliphatic rings. The van der Waals surface area contributed by atoms with Gasteiger partial charge < -0.3 is 32.3 Å². The van der Waals surface area contributed by atoms with Gasteiger partial charge in [0.2, 0.25) is 11.8 Å².